The Balaban J connectivity index is 2.36. The minimum Gasteiger partial charge on any atom is -0.323 e. The number of pyridine rings is 1. The maximum Gasteiger partial charge on any atom is 0.0756 e. The fraction of sp³-hybridized carbons (Fsp3) is 0.400. The van der Waals surface area contributed by atoms with Gasteiger partial charge >= 0.3 is 0 Å². The number of nitrogens with zero attached hydrogens (tertiary/aromatic N) is 1. The fourth-order valence-electron chi connectivity index (χ4n) is 3.00. The van der Waals surface area contributed by atoms with Crippen molar-refractivity contribution in [3.63, 3.8) is 0 Å². The second-order valence-electron chi connectivity index (χ2n) is 5.24. The summed E-state index contributed by atoms with van der Waals surface area (Å²) >= 11 is 6.17. The molecule has 0 radical (unpaired) electrons. The molecule has 1 aliphatic rings. The molecule has 1 aliphatic carbocycles. The SMILES string of the molecule is Cc1cc(Cl)cc2c(NN)c3c(nc12)CCCCC3. The zero-order valence-electron chi connectivity index (χ0n) is 11.1. The van der Waals surface area contributed by atoms with Crippen molar-refractivity contribution in [2.24, 2.45) is 5.84 Å². The van der Waals surface area contributed by atoms with Crippen molar-refractivity contribution < 1.29 is 0 Å². The first-order chi connectivity index (χ1) is 9.20. The molecule has 0 unspecified atom stereocenters. The summed E-state index contributed by atoms with van der Waals surface area (Å²) in [5.74, 6) is 5.77. The van der Waals surface area contributed by atoms with Crippen LogP contribution in [0.25, 0.3) is 10.9 Å². The third-order valence-electron chi connectivity index (χ3n) is 3.92. The van der Waals surface area contributed by atoms with Crippen molar-refractivity contribution in [3.8, 4) is 0 Å². The van der Waals surface area contributed by atoms with E-state index >= 15 is 0 Å². The first-order valence-electron chi connectivity index (χ1n) is 6.79. The van der Waals surface area contributed by atoms with Crippen LogP contribution in [0.3, 0.4) is 0 Å². The lowest BCUT2D eigenvalue weighted by atomic mass is 10.0. The molecule has 4 heteroatoms. The molecule has 1 aromatic carbocycles. The second-order valence-corrected chi connectivity index (χ2v) is 5.67. The smallest absolute Gasteiger partial charge is 0.0756 e. The Morgan fingerprint density at radius 2 is 2.00 bits per heavy atom. The molecular formula is C15H18ClN3. The molecule has 3 N–H and O–H groups in total. The van der Waals surface area contributed by atoms with E-state index in [0.717, 1.165) is 40.0 Å². The number of nitrogens with two attached hydrogens (primary N) is 1. The highest BCUT2D eigenvalue weighted by molar-refractivity contribution is 6.31. The van der Waals surface area contributed by atoms with Crippen LogP contribution in [-0.4, -0.2) is 4.98 Å². The summed E-state index contributed by atoms with van der Waals surface area (Å²) in [7, 11) is 0. The van der Waals surface area contributed by atoms with Gasteiger partial charge in [0, 0.05) is 16.1 Å². The second kappa shape index (κ2) is 4.99. The first-order valence-corrected chi connectivity index (χ1v) is 7.16. The van der Waals surface area contributed by atoms with Crippen LogP contribution in [0.4, 0.5) is 5.69 Å². The van der Waals surface area contributed by atoms with Crippen LogP contribution >= 0.6 is 11.6 Å². The summed E-state index contributed by atoms with van der Waals surface area (Å²) < 4.78 is 0. The molecule has 3 nitrogen and oxygen atoms in total. The Morgan fingerprint density at radius 1 is 1.21 bits per heavy atom. The molecule has 1 heterocycles. The highest BCUT2D eigenvalue weighted by Gasteiger charge is 2.17. The van der Waals surface area contributed by atoms with E-state index in [9.17, 15) is 0 Å². The van der Waals surface area contributed by atoms with Gasteiger partial charge in [-0.3, -0.25) is 10.8 Å². The molecule has 0 fully saturated rings. The normalized spacial score (nSPS) is 15.1. The van der Waals surface area contributed by atoms with Gasteiger partial charge in [0.05, 0.1) is 11.2 Å². The maximum absolute atomic E-state index is 6.17. The highest BCUT2D eigenvalue weighted by Crippen LogP contribution is 2.34. The quantitative estimate of drug-likeness (QED) is 0.473. The lowest BCUT2D eigenvalue weighted by Crippen LogP contribution is -2.12. The topological polar surface area (TPSA) is 50.9 Å². The third kappa shape index (κ3) is 2.17. The van der Waals surface area contributed by atoms with Crippen LogP contribution in [0.2, 0.25) is 5.02 Å². The predicted molar refractivity (Wildman–Crippen MR) is 80.6 cm³/mol. The number of fused-ring (bicyclic) bond motifs is 2. The fourth-order valence-corrected chi connectivity index (χ4v) is 3.27. The zero-order valence-corrected chi connectivity index (χ0v) is 11.8. The standard InChI is InChI=1S/C15H18ClN3/c1-9-7-10(16)8-12-14(9)18-13-6-4-2-3-5-11(13)15(12)19-17/h7-8H,2-6,17H2,1H3,(H,18,19). The molecule has 2 aromatic rings. The lowest BCUT2D eigenvalue weighted by Gasteiger charge is -2.16. The van der Waals surface area contributed by atoms with E-state index in [1.165, 1.54) is 30.5 Å². The van der Waals surface area contributed by atoms with Crippen LogP contribution in [0.15, 0.2) is 12.1 Å². The van der Waals surface area contributed by atoms with E-state index < -0.39 is 0 Å². The maximum atomic E-state index is 6.17. The Bertz CT molecular complexity index is 637. The number of hydrazine groups is 1. The van der Waals surface area contributed by atoms with Crippen molar-refractivity contribution in [3.05, 3.63) is 34.0 Å². The largest absolute Gasteiger partial charge is 0.323 e. The monoisotopic (exact) mass is 275 g/mol. The molecule has 19 heavy (non-hydrogen) atoms. The molecule has 0 spiro atoms. The van der Waals surface area contributed by atoms with Crippen LogP contribution < -0.4 is 11.3 Å². The van der Waals surface area contributed by atoms with Gasteiger partial charge in [0.2, 0.25) is 0 Å². The number of rotatable bonds is 1. The zero-order chi connectivity index (χ0) is 13.4. The Kier molecular flexibility index (Phi) is 3.33. The minimum absolute atomic E-state index is 0.733. The number of halogens is 1. The molecule has 0 atom stereocenters. The van der Waals surface area contributed by atoms with E-state index in [0.29, 0.717) is 0 Å². The summed E-state index contributed by atoms with van der Waals surface area (Å²) in [5.41, 5.74) is 8.47. The number of nitrogens with one attached hydrogen (secondary N) is 1. The number of nitrogen functional groups attached to an aromatic ring is 1. The molecule has 0 saturated heterocycles. The summed E-state index contributed by atoms with van der Waals surface area (Å²) in [4.78, 5) is 4.87. The van der Waals surface area contributed by atoms with Crippen molar-refractivity contribution in [2.45, 2.75) is 39.0 Å². The first kappa shape index (κ1) is 12.7. The molecule has 1 aromatic heterocycles. The predicted octanol–water partition coefficient (Wildman–Crippen LogP) is 3.75. The average molecular weight is 276 g/mol. The number of aromatic nitrogens is 1. The molecular weight excluding hydrogens is 258 g/mol. The van der Waals surface area contributed by atoms with Crippen LogP contribution in [-0.2, 0) is 12.8 Å². The van der Waals surface area contributed by atoms with Gasteiger partial charge in [-0.15, -0.1) is 0 Å². The molecule has 0 amide bonds. The van der Waals surface area contributed by atoms with Crippen molar-refractivity contribution in [1.82, 2.24) is 4.98 Å². The minimum atomic E-state index is 0.733. The van der Waals surface area contributed by atoms with Crippen molar-refractivity contribution >= 4 is 28.2 Å². The van der Waals surface area contributed by atoms with Crippen LogP contribution in [0, 0.1) is 6.92 Å². The van der Waals surface area contributed by atoms with E-state index in [-0.39, 0.29) is 0 Å². The van der Waals surface area contributed by atoms with Gasteiger partial charge in [0.25, 0.3) is 0 Å². The number of hydrogen-bond donors (Lipinski definition) is 2. The van der Waals surface area contributed by atoms with Gasteiger partial charge in [-0.2, -0.15) is 0 Å². The van der Waals surface area contributed by atoms with Gasteiger partial charge in [-0.05, 0) is 55.9 Å². The number of aryl methyl sites for hydroxylation is 2. The van der Waals surface area contributed by atoms with Crippen LogP contribution in [0.1, 0.15) is 36.1 Å². The van der Waals surface area contributed by atoms with E-state index in [1.54, 1.807) is 0 Å². The Labute approximate surface area is 118 Å². The average Bonchev–Trinajstić information content (AvgIpc) is 2.61. The third-order valence-corrected chi connectivity index (χ3v) is 4.13. The Hall–Kier alpha value is -1.32. The van der Waals surface area contributed by atoms with Gasteiger partial charge in [0.15, 0.2) is 0 Å². The lowest BCUT2D eigenvalue weighted by molar-refractivity contribution is 0.709. The molecule has 0 aliphatic heterocycles. The highest BCUT2D eigenvalue weighted by atomic mass is 35.5. The summed E-state index contributed by atoms with van der Waals surface area (Å²) in [6.45, 7) is 2.05. The summed E-state index contributed by atoms with van der Waals surface area (Å²) in [6, 6.07) is 3.91. The number of hydrogen-bond acceptors (Lipinski definition) is 3. The number of anilines is 1. The summed E-state index contributed by atoms with van der Waals surface area (Å²) in [5, 5.41) is 1.77. The van der Waals surface area contributed by atoms with Crippen molar-refractivity contribution in [1.29, 1.82) is 0 Å². The number of benzene rings is 1. The summed E-state index contributed by atoms with van der Waals surface area (Å²) in [6.07, 6.45) is 5.76. The van der Waals surface area contributed by atoms with Gasteiger partial charge in [-0.1, -0.05) is 18.0 Å². The molecule has 0 saturated carbocycles. The van der Waals surface area contributed by atoms with Gasteiger partial charge in [0.1, 0.15) is 0 Å². The van der Waals surface area contributed by atoms with Crippen molar-refractivity contribution in [2.75, 3.05) is 5.43 Å². The van der Waals surface area contributed by atoms with E-state index in [2.05, 4.69) is 5.43 Å². The Morgan fingerprint density at radius 3 is 2.79 bits per heavy atom. The van der Waals surface area contributed by atoms with Crippen LogP contribution in [0.5, 0.6) is 0 Å². The van der Waals surface area contributed by atoms with Gasteiger partial charge < -0.3 is 5.43 Å². The molecule has 0 bridgehead atoms. The molecule has 100 valence electrons. The van der Waals surface area contributed by atoms with E-state index in [1.807, 2.05) is 19.1 Å². The van der Waals surface area contributed by atoms with E-state index in [4.69, 9.17) is 22.4 Å². The van der Waals surface area contributed by atoms with Gasteiger partial charge in [-0.25, -0.2) is 0 Å². The molecule has 3 rings (SSSR count).